The highest BCUT2D eigenvalue weighted by Gasteiger charge is 2.13. The molecule has 0 aliphatic rings. The van der Waals surface area contributed by atoms with Gasteiger partial charge in [-0.15, -0.1) is 0 Å². The molecule has 2 rings (SSSR count). The Morgan fingerprint density at radius 3 is 2.35 bits per heavy atom. The summed E-state index contributed by atoms with van der Waals surface area (Å²) in [5.41, 5.74) is 0.0639. The van der Waals surface area contributed by atoms with E-state index in [0.29, 0.717) is 5.02 Å². The molecule has 0 saturated carbocycles. The third-order valence-corrected chi connectivity index (χ3v) is 2.96. The Labute approximate surface area is 123 Å². The smallest absolute Gasteiger partial charge is 0.343 e. The number of carbonyl (C=O) groups is 1. The molecule has 0 unspecified atom stereocenters. The lowest BCUT2D eigenvalue weighted by Gasteiger charge is -2.06. The number of nitro groups is 1. The van der Waals surface area contributed by atoms with Crippen molar-refractivity contribution < 1.29 is 14.5 Å². The van der Waals surface area contributed by atoms with Crippen molar-refractivity contribution in [3.63, 3.8) is 0 Å². The van der Waals surface area contributed by atoms with Gasteiger partial charge in [0.25, 0.3) is 5.69 Å². The van der Waals surface area contributed by atoms with Gasteiger partial charge in [-0.3, -0.25) is 10.1 Å². The zero-order valence-electron chi connectivity index (χ0n) is 9.88. The van der Waals surface area contributed by atoms with Gasteiger partial charge in [-0.05, 0) is 24.3 Å². The molecule has 7 heteroatoms. The van der Waals surface area contributed by atoms with Crippen LogP contribution >= 0.6 is 23.2 Å². The Hall–Kier alpha value is -2.11. The van der Waals surface area contributed by atoms with Crippen molar-refractivity contribution in [2.24, 2.45) is 0 Å². The van der Waals surface area contributed by atoms with Gasteiger partial charge in [0.15, 0.2) is 5.75 Å². The summed E-state index contributed by atoms with van der Waals surface area (Å²) in [5, 5.41) is 11.1. The number of ether oxygens (including phenoxy) is 1. The lowest BCUT2D eigenvalue weighted by atomic mass is 10.2. The number of esters is 1. The molecular formula is C13H7Cl2NO4. The largest absolute Gasteiger partial charge is 0.421 e. The van der Waals surface area contributed by atoms with E-state index in [2.05, 4.69) is 0 Å². The molecule has 0 spiro atoms. The molecule has 0 fully saturated rings. The van der Waals surface area contributed by atoms with Crippen LogP contribution in [0.2, 0.25) is 10.0 Å². The van der Waals surface area contributed by atoms with E-state index in [1.165, 1.54) is 36.4 Å². The lowest BCUT2D eigenvalue weighted by molar-refractivity contribution is -0.384. The second-order valence-electron chi connectivity index (χ2n) is 3.77. The number of hydrogen-bond acceptors (Lipinski definition) is 4. The monoisotopic (exact) mass is 311 g/mol. The maximum atomic E-state index is 11.9. The van der Waals surface area contributed by atoms with Crippen LogP contribution in [0.3, 0.4) is 0 Å². The molecule has 0 radical (unpaired) electrons. The van der Waals surface area contributed by atoms with Crippen LogP contribution < -0.4 is 4.74 Å². The van der Waals surface area contributed by atoms with Gasteiger partial charge in [-0.25, -0.2) is 4.79 Å². The number of halogens is 2. The summed E-state index contributed by atoms with van der Waals surface area (Å²) in [6, 6.07) is 9.52. The second kappa shape index (κ2) is 5.90. The van der Waals surface area contributed by atoms with Crippen molar-refractivity contribution in [2.45, 2.75) is 0 Å². The summed E-state index contributed by atoms with van der Waals surface area (Å²) >= 11 is 11.6. The molecule has 0 saturated heterocycles. The van der Waals surface area contributed by atoms with Crippen LogP contribution in [-0.2, 0) is 0 Å². The van der Waals surface area contributed by atoms with Crippen LogP contribution in [0.15, 0.2) is 42.5 Å². The number of carbonyl (C=O) groups excluding carboxylic acids is 1. The third-order valence-electron chi connectivity index (χ3n) is 2.41. The topological polar surface area (TPSA) is 69.4 Å². The fraction of sp³-hybridized carbons (Fsp3) is 0. The molecule has 0 N–H and O–H groups in total. The summed E-state index contributed by atoms with van der Waals surface area (Å²) in [7, 11) is 0. The number of non-ortho nitro benzene ring substituents is 1. The van der Waals surface area contributed by atoms with Crippen molar-refractivity contribution in [1.82, 2.24) is 0 Å². The van der Waals surface area contributed by atoms with Gasteiger partial charge in [0.05, 0.1) is 15.5 Å². The zero-order chi connectivity index (χ0) is 14.7. The number of nitro benzene ring substituents is 1. The minimum Gasteiger partial charge on any atom is -0.421 e. The molecule has 102 valence electrons. The molecule has 2 aromatic carbocycles. The van der Waals surface area contributed by atoms with Gasteiger partial charge < -0.3 is 4.74 Å². The van der Waals surface area contributed by atoms with Crippen LogP contribution in [0.25, 0.3) is 0 Å². The summed E-state index contributed by atoms with van der Waals surface area (Å²) in [4.78, 5) is 21.8. The van der Waals surface area contributed by atoms with E-state index < -0.39 is 10.9 Å². The predicted octanol–water partition coefficient (Wildman–Crippen LogP) is 4.12. The van der Waals surface area contributed by atoms with E-state index in [4.69, 9.17) is 27.9 Å². The van der Waals surface area contributed by atoms with Gasteiger partial charge in [0.2, 0.25) is 0 Å². The lowest BCUT2D eigenvalue weighted by Crippen LogP contribution is -2.08. The molecule has 5 nitrogen and oxygen atoms in total. The fourth-order valence-electron chi connectivity index (χ4n) is 1.43. The fourth-order valence-corrected chi connectivity index (χ4v) is 1.75. The highest BCUT2D eigenvalue weighted by Crippen LogP contribution is 2.28. The van der Waals surface area contributed by atoms with E-state index >= 15 is 0 Å². The average Bonchev–Trinajstić information content (AvgIpc) is 2.43. The molecule has 0 amide bonds. The van der Waals surface area contributed by atoms with Gasteiger partial charge in [-0.2, -0.15) is 0 Å². The molecule has 0 atom stereocenters. The molecule has 2 aromatic rings. The Morgan fingerprint density at radius 1 is 1.10 bits per heavy atom. The number of nitrogens with zero attached hydrogens (tertiary/aromatic N) is 1. The molecular weight excluding hydrogens is 305 g/mol. The Morgan fingerprint density at radius 2 is 1.75 bits per heavy atom. The molecule has 0 aromatic heterocycles. The number of benzene rings is 2. The first kappa shape index (κ1) is 14.3. The van der Waals surface area contributed by atoms with Crippen molar-refractivity contribution in [3.8, 4) is 5.75 Å². The van der Waals surface area contributed by atoms with Gasteiger partial charge >= 0.3 is 5.97 Å². The van der Waals surface area contributed by atoms with E-state index in [1.807, 2.05) is 0 Å². The van der Waals surface area contributed by atoms with Gasteiger partial charge in [0.1, 0.15) is 0 Å². The van der Waals surface area contributed by atoms with Gasteiger partial charge in [0, 0.05) is 23.2 Å². The first-order valence-electron chi connectivity index (χ1n) is 5.39. The average molecular weight is 312 g/mol. The molecule has 0 aliphatic heterocycles. The van der Waals surface area contributed by atoms with E-state index in [9.17, 15) is 14.9 Å². The quantitative estimate of drug-likeness (QED) is 0.370. The van der Waals surface area contributed by atoms with Crippen molar-refractivity contribution in [2.75, 3.05) is 0 Å². The van der Waals surface area contributed by atoms with E-state index in [1.54, 1.807) is 6.07 Å². The predicted molar refractivity (Wildman–Crippen MR) is 74.5 cm³/mol. The number of rotatable bonds is 3. The maximum Gasteiger partial charge on any atom is 0.343 e. The Balaban J connectivity index is 2.19. The Bertz CT molecular complexity index is 671. The van der Waals surface area contributed by atoms with Crippen LogP contribution in [-0.4, -0.2) is 10.9 Å². The van der Waals surface area contributed by atoms with E-state index in [0.717, 1.165) is 0 Å². The van der Waals surface area contributed by atoms with Crippen LogP contribution in [0.1, 0.15) is 10.4 Å². The first-order chi connectivity index (χ1) is 9.47. The Kier molecular flexibility index (Phi) is 4.22. The molecule has 0 bridgehead atoms. The zero-order valence-corrected chi connectivity index (χ0v) is 11.4. The highest BCUT2D eigenvalue weighted by atomic mass is 35.5. The molecule has 0 heterocycles. The summed E-state index contributed by atoms with van der Waals surface area (Å²) in [5.74, 6) is -0.549. The summed E-state index contributed by atoms with van der Waals surface area (Å²) in [6.07, 6.45) is 0. The summed E-state index contributed by atoms with van der Waals surface area (Å²) in [6.45, 7) is 0. The minimum atomic E-state index is -0.677. The SMILES string of the molecule is O=C(Oc1cc(Cl)ccc1Cl)c1ccc([N+](=O)[O-])cc1. The summed E-state index contributed by atoms with van der Waals surface area (Å²) < 4.78 is 5.09. The van der Waals surface area contributed by atoms with Crippen LogP contribution in [0.5, 0.6) is 5.75 Å². The van der Waals surface area contributed by atoms with E-state index in [-0.39, 0.29) is 22.0 Å². The van der Waals surface area contributed by atoms with Gasteiger partial charge in [-0.1, -0.05) is 23.2 Å². The standard InChI is InChI=1S/C13H7Cl2NO4/c14-9-3-6-11(15)12(7-9)20-13(17)8-1-4-10(5-2-8)16(18)19/h1-7H. The van der Waals surface area contributed by atoms with Crippen LogP contribution in [0, 0.1) is 10.1 Å². The second-order valence-corrected chi connectivity index (χ2v) is 4.61. The van der Waals surface area contributed by atoms with Crippen molar-refractivity contribution in [3.05, 3.63) is 68.2 Å². The molecule has 0 aliphatic carbocycles. The maximum absolute atomic E-state index is 11.9. The first-order valence-corrected chi connectivity index (χ1v) is 6.14. The third kappa shape index (κ3) is 3.26. The highest BCUT2D eigenvalue weighted by molar-refractivity contribution is 6.34. The minimum absolute atomic E-state index is 0.109. The van der Waals surface area contributed by atoms with Crippen molar-refractivity contribution in [1.29, 1.82) is 0 Å². The number of hydrogen-bond donors (Lipinski definition) is 0. The van der Waals surface area contributed by atoms with Crippen LogP contribution in [0.4, 0.5) is 5.69 Å². The normalized spacial score (nSPS) is 10.1. The van der Waals surface area contributed by atoms with Crippen molar-refractivity contribution >= 4 is 34.9 Å². The molecule has 20 heavy (non-hydrogen) atoms.